The average molecular weight is 336 g/mol. The lowest BCUT2D eigenvalue weighted by Gasteiger charge is -2.07. The zero-order valence-electron chi connectivity index (χ0n) is 10.2. The molecule has 20 heavy (non-hydrogen) atoms. The van der Waals surface area contributed by atoms with Gasteiger partial charge in [0.1, 0.15) is 5.69 Å². The summed E-state index contributed by atoms with van der Waals surface area (Å²) < 4.78 is 0.680. The van der Waals surface area contributed by atoms with E-state index >= 15 is 0 Å². The number of carbonyl (C=O) groups excluding carboxylic acids is 1. The molecular formula is C13H10BrN3O3. The Kier molecular flexibility index (Phi) is 3.99. The Labute approximate surface area is 122 Å². The summed E-state index contributed by atoms with van der Waals surface area (Å²) in [6.45, 7) is 0. The fraction of sp³-hybridized carbons (Fsp3) is 0. The number of nitrogen functional groups attached to an aromatic ring is 1. The Morgan fingerprint density at radius 1 is 1.25 bits per heavy atom. The van der Waals surface area contributed by atoms with Gasteiger partial charge in [-0.1, -0.05) is 12.1 Å². The lowest BCUT2D eigenvalue weighted by molar-refractivity contribution is -0.383. The second kappa shape index (κ2) is 5.70. The molecule has 0 fully saturated rings. The molecule has 1 amide bonds. The maximum atomic E-state index is 12.0. The summed E-state index contributed by atoms with van der Waals surface area (Å²) in [6, 6.07) is 10.6. The van der Waals surface area contributed by atoms with Crippen LogP contribution in [0.4, 0.5) is 17.1 Å². The van der Waals surface area contributed by atoms with Crippen LogP contribution in [0.3, 0.4) is 0 Å². The molecular weight excluding hydrogens is 326 g/mol. The van der Waals surface area contributed by atoms with E-state index in [1.807, 2.05) is 0 Å². The standard InChI is InChI=1S/C13H10BrN3O3/c14-9-6-5-8(7-10(9)15)13(18)16-11-3-1-2-4-12(11)17(19)20/h1-7H,15H2,(H,16,18). The van der Waals surface area contributed by atoms with Crippen LogP contribution >= 0.6 is 15.9 Å². The van der Waals surface area contributed by atoms with Crippen LogP contribution in [0, 0.1) is 10.1 Å². The molecule has 6 nitrogen and oxygen atoms in total. The maximum absolute atomic E-state index is 12.0. The minimum atomic E-state index is -0.550. The fourth-order valence-corrected chi connectivity index (χ4v) is 1.86. The van der Waals surface area contributed by atoms with Crippen molar-refractivity contribution < 1.29 is 9.72 Å². The van der Waals surface area contributed by atoms with Crippen LogP contribution < -0.4 is 11.1 Å². The maximum Gasteiger partial charge on any atom is 0.292 e. The van der Waals surface area contributed by atoms with Crippen molar-refractivity contribution in [2.45, 2.75) is 0 Å². The first kappa shape index (κ1) is 14.0. The molecule has 0 radical (unpaired) electrons. The van der Waals surface area contributed by atoms with Crippen molar-refractivity contribution in [1.82, 2.24) is 0 Å². The van der Waals surface area contributed by atoms with E-state index < -0.39 is 10.8 Å². The fourth-order valence-electron chi connectivity index (χ4n) is 1.62. The molecule has 2 aromatic rings. The highest BCUT2D eigenvalue weighted by atomic mass is 79.9. The van der Waals surface area contributed by atoms with Crippen LogP contribution in [-0.4, -0.2) is 10.8 Å². The Hall–Kier alpha value is -2.41. The molecule has 0 heterocycles. The van der Waals surface area contributed by atoms with Gasteiger partial charge >= 0.3 is 0 Å². The van der Waals surface area contributed by atoms with Gasteiger partial charge in [-0.05, 0) is 40.2 Å². The number of halogens is 1. The number of nitro groups is 1. The van der Waals surface area contributed by atoms with Gasteiger partial charge in [0.05, 0.1) is 4.92 Å². The van der Waals surface area contributed by atoms with Crippen molar-refractivity contribution >= 4 is 38.9 Å². The van der Waals surface area contributed by atoms with Crippen molar-refractivity contribution in [2.75, 3.05) is 11.1 Å². The number of anilines is 2. The van der Waals surface area contributed by atoms with Gasteiger partial charge in [0.15, 0.2) is 0 Å². The number of para-hydroxylation sites is 2. The first-order chi connectivity index (χ1) is 9.49. The minimum Gasteiger partial charge on any atom is -0.398 e. The van der Waals surface area contributed by atoms with E-state index in [9.17, 15) is 14.9 Å². The summed E-state index contributed by atoms with van der Waals surface area (Å²) in [5.41, 5.74) is 6.42. The van der Waals surface area contributed by atoms with Crippen molar-refractivity contribution in [3.8, 4) is 0 Å². The number of nitrogens with zero attached hydrogens (tertiary/aromatic N) is 1. The van der Waals surface area contributed by atoms with Gasteiger partial charge in [0.2, 0.25) is 0 Å². The molecule has 0 spiro atoms. The number of carbonyl (C=O) groups is 1. The smallest absolute Gasteiger partial charge is 0.292 e. The van der Waals surface area contributed by atoms with Gasteiger partial charge in [0.25, 0.3) is 11.6 Å². The largest absolute Gasteiger partial charge is 0.398 e. The number of hydrogen-bond acceptors (Lipinski definition) is 4. The molecule has 0 aromatic heterocycles. The lowest BCUT2D eigenvalue weighted by atomic mass is 10.2. The molecule has 0 saturated carbocycles. The molecule has 0 atom stereocenters. The van der Waals surface area contributed by atoms with Crippen LogP contribution in [0.15, 0.2) is 46.9 Å². The molecule has 2 aromatic carbocycles. The number of nitro benzene ring substituents is 1. The normalized spacial score (nSPS) is 10.1. The summed E-state index contributed by atoms with van der Waals surface area (Å²) in [5.74, 6) is -0.460. The Morgan fingerprint density at radius 3 is 2.60 bits per heavy atom. The third-order valence-corrected chi connectivity index (χ3v) is 3.33. The summed E-state index contributed by atoms with van der Waals surface area (Å²) in [6.07, 6.45) is 0. The zero-order chi connectivity index (χ0) is 14.7. The Bertz CT molecular complexity index is 688. The highest BCUT2D eigenvalue weighted by molar-refractivity contribution is 9.10. The summed E-state index contributed by atoms with van der Waals surface area (Å²) in [5, 5.41) is 13.4. The van der Waals surface area contributed by atoms with Gasteiger partial charge in [-0.3, -0.25) is 14.9 Å². The molecule has 0 aliphatic rings. The number of benzene rings is 2. The average Bonchev–Trinajstić information content (AvgIpc) is 2.42. The number of amides is 1. The molecule has 0 aliphatic heterocycles. The highest BCUT2D eigenvalue weighted by Gasteiger charge is 2.16. The molecule has 0 bridgehead atoms. The Morgan fingerprint density at radius 2 is 1.95 bits per heavy atom. The van der Waals surface area contributed by atoms with Crippen LogP contribution in [0.5, 0.6) is 0 Å². The van der Waals surface area contributed by atoms with E-state index in [2.05, 4.69) is 21.2 Å². The molecule has 2 rings (SSSR count). The third-order valence-electron chi connectivity index (χ3n) is 2.61. The lowest BCUT2D eigenvalue weighted by Crippen LogP contribution is -2.13. The Balaban J connectivity index is 2.28. The molecule has 0 unspecified atom stereocenters. The predicted octanol–water partition coefficient (Wildman–Crippen LogP) is 3.19. The van der Waals surface area contributed by atoms with Crippen molar-refractivity contribution in [3.05, 3.63) is 62.6 Å². The topological polar surface area (TPSA) is 98.3 Å². The number of rotatable bonds is 3. The van der Waals surface area contributed by atoms with Gasteiger partial charge < -0.3 is 11.1 Å². The van der Waals surface area contributed by atoms with E-state index in [0.717, 1.165) is 0 Å². The van der Waals surface area contributed by atoms with Crippen LogP contribution in [0.1, 0.15) is 10.4 Å². The first-order valence-electron chi connectivity index (χ1n) is 5.59. The van der Waals surface area contributed by atoms with Gasteiger partial charge in [-0.2, -0.15) is 0 Å². The molecule has 0 aliphatic carbocycles. The van der Waals surface area contributed by atoms with Gasteiger partial charge in [-0.25, -0.2) is 0 Å². The molecule has 0 saturated heterocycles. The molecule has 3 N–H and O–H groups in total. The monoisotopic (exact) mass is 335 g/mol. The van der Waals surface area contributed by atoms with E-state index in [4.69, 9.17) is 5.73 Å². The third kappa shape index (κ3) is 2.94. The van der Waals surface area contributed by atoms with Gasteiger partial charge in [0, 0.05) is 21.8 Å². The number of nitrogens with two attached hydrogens (primary N) is 1. The highest BCUT2D eigenvalue weighted by Crippen LogP contribution is 2.25. The van der Waals surface area contributed by atoms with E-state index in [-0.39, 0.29) is 11.4 Å². The number of nitrogens with one attached hydrogen (secondary N) is 1. The van der Waals surface area contributed by atoms with Gasteiger partial charge in [-0.15, -0.1) is 0 Å². The SMILES string of the molecule is Nc1cc(C(=O)Nc2ccccc2[N+](=O)[O-])ccc1Br. The second-order valence-corrected chi connectivity index (χ2v) is 4.82. The van der Waals surface area contributed by atoms with E-state index in [1.54, 1.807) is 18.2 Å². The van der Waals surface area contributed by atoms with Crippen LogP contribution in [-0.2, 0) is 0 Å². The van der Waals surface area contributed by atoms with Crippen LogP contribution in [0.25, 0.3) is 0 Å². The minimum absolute atomic E-state index is 0.143. The predicted molar refractivity (Wildman–Crippen MR) is 79.6 cm³/mol. The summed E-state index contributed by atoms with van der Waals surface area (Å²) >= 11 is 3.23. The molecule has 102 valence electrons. The van der Waals surface area contributed by atoms with E-state index in [1.165, 1.54) is 24.3 Å². The van der Waals surface area contributed by atoms with E-state index in [0.29, 0.717) is 15.7 Å². The molecule has 7 heteroatoms. The van der Waals surface area contributed by atoms with Crippen molar-refractivity contribution in [3.63, 3.8) is 0 Å². The van der Waals surface area contributed by atoms with Crippen molar-refractivity contribution in [1.29, 1.82) is 0 Å². The van der Waals surface area contributed by atoms with Crippen molar-refractivity contribution in [2.24, 2.45) is 0 Å². The van der Waals surface area contributed by atoms with Crippen LogP contribution in [0.2, 0.25) is 0 Å². The second-order valence-electron chi connectivity index (χ2n) is 3.96. The summed E-state index contributed by atoms with van der Waals surface area (Å²) in [7, 11) is 0. The summed E-state index contributed by atoms with van der Waals surface area (Å²) in [4.78, 5) is 22.4. The first-order valence-corrected chi connectivity index (χ1v) is 6.38. The zero-order valence-corrected chi connectivity index (χ0v) is 11.8. The quantitative estimate of drug-likeness (QED) is 0.511. The number of hydrogen-bond donors (Lipinski definition) is 2.